The van der Waals surface area contributed by atoms with Gasteiger partial charge in [-0.1, -0.05) is 0 Å². The highest BCUT2D eigenvalue weighted by molar-refractivity contribution is 5.80. The zero-order valence-electron chi connectivity index (χ0n) is 14.5. The molecule has 1 heterocycles. The summed E-state index contributed by atoms with van der Waals surface area (Å²) >= 11 is 0. The lowest BCUT2D eigenvalue weighted by Crippen LogP contribution is -2.11. The molecule has 1 atom stereocenters. The van der Waals surface area contributed by atoms with E-state index in [0.29, 0.717) is 17.9 Å². The number of hydrogen-bond donors (Lipinski definition) is 1. The summed E-state index contributed by atoms with van der Waals surface area (Å²) < 4.78 is 16.5. The lowest BCUT2D eigenvalue weighted by Gasteiger charge is -2.08. The van der Waals surface area contributed by atoms with Crippen LogP contribution in [0.3, 0.4) is 0 Å². The Kier molecular flexibility index (Phi) is 5.05. The van der Waals surface area contributed by atoms with Crippen LogP contribution < -0.4 is 14.8 Å². The summed E-state index contributed by atoms with van der Waals surface area (Å²) in [5, 5.41) is 11.2. The van der Waals surface area contributed by atoms with Gasteiger partial charge in [-0.2, -0.15) is 0 Å². The normalized spacial score (nSPS) is 13.0. The first-order chi connectivity index (χ1) is 12.1. The zero-order valence-corrected chi connectivity index (χ0v) is 14.5. The summed E-state index contributed by atoms with van der Waals surface area (Å²) in [5.74, 6) is 2.21. The number of fused-ring (bicyclic) bond motifs is 1. The van der Waals surface area contributed by atoms with Crippen molar-refractivity contribution < 1.29 is 19.0 Å². The third-order valence-corrected chi connectivity index (χ3v) is 3.85. The number of nitrogens with zero attached hydrogens (tertiary/aromatic N) is 1. The van der Waals surface area contributed by atoms with Crippen molar-refractivity contribution in [3.63, 3.8) is 0 Å². The molecular formula is C20H21NO4. The summed E-state index contributed by atoms with van der Waals surface area (Å²) in [6.07, 6.45) is -0.512. The minimum Gasteiger partial charge on any atom is -0.497 e. The van der Waals surface area contributed by atoms with Crippen LogP contribution in [0, 0.1) is 0 Å². The molecule has 1 aromatic heterocycles. The molecule has 0 saturated heterocycles. The van der Waals surface area contributed by atoms with Crippen LogP contribution in [0.15, 0.2) is 57.9 Å². The minimum atomic E-state index is -0.512. The zero-order chi connectivity index (χ0) is 17.8. The summed E-state index contributed by atoms with van der Waals surface area (Å²) in [6, 6.07) is 15.1. The molecule has 5 nitrogen and oxygen atoms in total. The SMILES string of the molecule is COc1ccc(-c2cc(=NC[C@H](C)O)c3cc(OC)ccc3o2)cc1. The van der Waals surface area contributed by atoms with E-state index < -0.39 is 6.10 Å². The molecule has 0 amide bonds. The fourth-order valence-electron chi connectivity index (χ4n) is 2.53. The number of hydrogen-bond acceptors (Lipinski definition) is 5. The van der Waals surface area contributed by atoms with Gasteiger partial charge in [0.05, 0.1) is 32.2 Å². The lowest BCUT2D eigenvalue weighted by molar-refractivity contribution is 0.203. The number of methoxy groups -OCH3 is 2. The van der Waals surface area contributed by atoms with Crippen LogP contribution in [0.5, 0.6) is 11.5 Å². The topological polar surface area (TPSA) is 64.2 Å². The summed E-state index contributed by atoms with van der Waals surface area (Å²) in [5.41, 5.74) is 1.63. The first kappa shape index (κ1) is 17.0. The van der Waals surface area contributed by atoms with Crippen molar-refractivity contribution in [2.24, 2.45) is 4.99 Å². The average molecular weight is 339 g/mol. The van der Waals surface area contributed by atoms with Crippen LogP contribution in [0.1, 0.15) is 6.92 Å². The van der Waals surface area contributed by atoms with E-state index in [1.165, 1.54) is 0 Å². The van der Waals surface area contributed by atoms with Gasteiger partial charge in [0, 0.05) is 17.0 Å². The van der Waals surface area contributed by atoms with Crippen LogP contribution in [0.4, 0.5) is 0 Å². The molecule has 0 spiro atoms. The first-order valence-corrected chi connectivity index (χ1v) is 8.05. The molecule has 0 aliphatic carbocycles. The van der Waals surface area contributed by atoms with E-state index in [1.807, 2.05) is 48.5 Å². The molecule has 0 saturated carbocycles. The minimum absolute atomic E-state index is 0.318. The number of aliphatic hydroxyl groups is 1. The van der Waals surface area contributed by atoms with Crippen molar-refractivity contribution >= 4 is 11.0 Å². The summed E-state index contributed by atoms with van der Waals surface area (Å²) in [4.78, 5) is 4.54. The number of benzene rings is 2. The Balaban J connectivity index is 2.18. The Morgan fingerprint density at radius 2 is 1.68 bits per heavy atom. The highest BCUT2D eigenvalue weighted by Crippen LogP contribution is 2.26. The molecule has 2 aromatic carbocycles. The van der Waals surface area contributed by atoms with Crippen LogP contribution in [-0.2, 0) is 0 Å². The van der Waals surface area contributed by atoms with Gasteiger partial charge < -0.3 is 19.0 Å². The smallest absolute Gasteiger partial charge is 0.137 e. The number of aliphatic hydroxyl groups excluding tert-OH is 1. The van der Waals surface area contributed by atoms with Crippen molar-refractivity contribution in [1.29, 1.82) is 0 Å². The van der Waals surface area contributed by atoms with E-state index in [2.05, 4.69) is 4.99 Å². The van der Waals surface area contributed by atoms with Crippen molar-refractivity contribution in [2.75, 3.05) is 20.8 Å². The van der Waals surface area contributed by atoms with Crippen LogP contribution in [0.25, 0.3) is 22.3 Å². The Labute approximate surface area is 146 Å². The van der Waals surface area contributed by atoms with Gasteiger partial charge in [-0.3, -0.25) is 4.99 Å². The van der Waals surface area contributed by atoms with E-state index in [9.17, 15) is 5.11 Å². The molecule has 25 heavy (non-hydrogen) atoms. The summed E-state index contributed by atoms with van der Waals surface area (Å²) in [7, 11) is 3.26. The molecule has 0 aliphatic rings. The second-order valence-corrected chi connectivity index (χ2v) is 5.78. The van der Waals surface area contributed by atoms with E-state index in [4.69, 9.17) is 13.9 Å². The van der Waals surface area contributed by atoms with Gasteiger partial charge in [-0.15, -0.1) is 0 Å². The Morgan fingerprint density at radius 1 is 1.00 bits per heavy atom. The molecule has 1 N–H and O–H groups in total. The predicted octanol–water partition coefficient (Wildman–Crippen LogP) is 3.40. The van der Waals surface area contributed by atoms with Crippen LogP contribution in [0.2, 0.25) is 0 Å². The molecule has 3 rings (SSSR count). The van der Waals surface area contributed by atoms with Crippen molar-refractivity contribution in [3.8, 4) is 22.8 Å². The monoisotopic (exact) mass is 339 g/mol. The van der Waals surface area contributed by atoms with Gasteiger partial charge in [0.15, 0.2) is 0 Å². The third kappa shape index (κ3) is 3.83. The van der Waals surface area contributed by atoms with Gasteiger partial charge in [0.2, 0.25) is 0 Å². The van der Waals surface area contributed by atoms with Crippen LogP contribution >= 0.6 is 0 Å². The van der Waals surface area contributed by atoms with Crippen molar-refractivity contribution in [3.05, 3.63) is 53.9 Å². The fourth-order valence-corrected chi connectivity index (χ4v) is 2.53. The standard InChI is InChI=1S/C20H21NO4/c1-13(22)12-21-18-11-20(14-4-6-15(23-2)7-5-14)25-19-9-8-16(24-3)10-17(18)19/h4-11,13,22H,12H2,1-3H3/t13-/m0/s1. The highest BCUT2D eigenvalue weighted by atomic mass is 16.5. The fraction of sp³-hybridized carbons (Fsp3) is 0.250. The average Bonchev–Trinajstić information content (AvgIpc) is 2.65. The second kappa shape index (κ2) is 7.40. The van der Waals surface area contributed by atoms with Gasteiger partial charge in [0.1, 0.15) is 22.8 Å². The number of rotatable bonds is 5. The molecule has 3 aromatic rings. The summed E-state index contributed by atoms with van der Waals surface area (Å²) in [6.45, 7) is 2.03. The third-order valence-electron chi connectivity index (χ3n) is 3.85. The maximum Gasteiger partial charge on any atom is 0.137 e. The van der Waals surface area contributed by atoms with E-state index in [-0.39, 0.29) is 0 Å². The molecule has 130 valence electrons. The van der Waals surface area contributed by atoms with Crippen molar-refractivity contribution in [2.45, 2.75) is 13.0 Å². The largest absolute Gasteiger partial charge is 0.497 e. The highest BCUT2D eigenvalue weighted by Gasteiger charge is 2.08. The molecule has 0 radical (unpaired) electrons. The molecule has 0 aliphatic heterocycles. The maximum atomic E-state index is 9.57. The van der Waals surface area contributed by atoms with Crippen molar-refractivity contribution in [1.82, 2.24) is 0 Å². The van der Waals surface area contributed by atoms with Crippen LogP contribution in [-0.4, -0.2) is 32.0 Å². The Bertz CT molecular complexity index is 927. The van der Waals surface area contributed by atoms with E-state index in [1.54, 1.807) is 21.1 Å². The molecular weight excluding hydrogens is 318 g/mol. The Morgan fingerprint density at radius 3 is 2.32 bits per heavy atom. The number of ether oxygens (including phenoxy) is 2. The maximum absolute atomic E-state index is 9.57. The second-order valence-electron chi connectivity index (χ2n) is 5.78. The quantitative estimate of drug-likeness (QED) is 0.774. The van der Waals surface area contributed by atoms with E-state index in [0.717, 1.165) is 27.8 Å². The predicted molar refractivity (Wildman–Crippen MR) is 96.9 cm³/mol. The van der Waals surface area contributed by atoms with Gasteiger partial charge in [0.25, 0.3) is 0 Å². The van der Waals surface area contributed by atoms with Gasteiger partial charge in [-0.25, -0.2) is 0 Å². The first-order valence-electron chi connectivity index (χ1n) is 8.05. The lowest BCUT2D eigenvalue weighted by atomic mass is 10.1. The Hall–Kier alpha value is -2.79. The molecule has 0 bridgehead atoms. The van der Waals surface area contributed by atoms with E-state index >= 15 is 0 Å². The molecule has 0 unspecified atom stereocenters. The van der Waals surface area contributed by atoms with Gasteiger partial charge in [-0.05, 0) is 49.4 Å². The molecule has 0 fully saturated rings. The van der Waals surface area contributed by atoms with Gasteiger partial charge >= 0.3 is 0 Å². The molecule has 5 heteroatoms.